The van der Waals surface area contributed by atoms with E-state index in [1.54, 1.807) is 13.2 Å². The predicted octanol–water partition coefficient (Wildman–Crippen LogP) is 1.74. The maximum absolute atomic E-state index is 13.0. The van der Waals surface area contributed by atoms with E-state index in [-0.39, 0.29) is 11.9 Å². The first kappa shape index (κ1) is 11.6. The van der Waals surface area contributed by atoms with Crippen molar-refractivity contribution in [3.63, 3.8) is 0 Å². The second kappa shape index (κ2) is 5.41. The van der Waals surface area contributed by atoms with Crippen LogP contribution >= 0.6 is 15.9 Å². The molecule has 3 N–H and O–H groups in total. The third-order valence-corrected chi connectivity index (χ3v) is 2.59. The first-order valence-electron chi connectivity index (χ1n) is 4.09. The van der Waals surface area contributed by atoms with Gasteiger partial charge in [-0.15, -0.1) is 0 Å². The summed E-state index contributed by atoms with van der Waals surface area (Å²) in [6.45, 7) is 0.387. The van der Waals surface area contributed by atoms with Gasteiger partial charge in [0.2, 0.25) is 0 Å². The van der Waals surface area contributed by atoms with Crippen LogP contribution < -0.4 is 11.3 Å². The lowest BCUT2D eigenvalue weighted by Crippen LogP contribution is -2.31. The summed E-state index contributed by atoms with van der Waals surface area (Å²) in [6.07, 6.45) is 0. The standard InChI is InChI=1S/C9H12BrFN2O/c1-14-5-9(13-12)7-4-6(11)2-3-8(7)10/h2-4,9,13H,5,12H2,1H3. The molecule has 0 aliphatic carbocycles. The molecule has 0 spiro atoms. The van der Waals surface area contributed by atoms with E-state index in [0.29, 0.717) is 6.61 Å². The summed E-state index contributed by atoms with van der Waals surface area (Å²) < 4.78 is 18.7. The van der Waals surface area contributed by atoms with Crippen LogP contribution in [0, 0.1) is 5.82 Å². The van der Waals surface area contributed by atoms with Gasteiger partial charge in [0.1, 0.15) is 5.82 Å². The van der Waals surface area contributed by atoms with E-state index in [1.807, 2.05) is 0 Å². The number of hydrogen-bond donors (Lipinski definition) is 2. The Labute approximate surface area is 90.5 Å². The van der Waals surface area contributed by atoms with Crippen LogP contribution in [0.1, 0.15) is 11.6 Å². The number of hydrogen-bond acceptors (Lipinski definition) is 3. The van der Waals surface area contributed by atoms with Gasteiger partial charge in [-0.1, -0.05) is 15.9 Å². The van der Waals surface area contributed by atoms with Crippen LogP contribution in [-0.4, -0.2) is 13.7 Å². The first-order chi connectivity index (χ1) is 6.69. The Morgan fingerprint density at radius 3 is 2.93 bits per heavy atom. The molecule has 1 rings (SSSR count). The van der Waals surface area contributed by atoms with Gasteiger partial charge in [-0.2, -0.15) is 0 Å². The van der Waals surface area contributed by atoms with E-state index in [0.717, 1.165) is 10.0 Å². The van der Waals surface area contributed by atoms with Crippen LogP contribution in [0.25, 0.3) is 0 Å². The number of hydrazine groups is 1. The Morgan fingerprint density at radius 1 is 1.64 bits per heavy atom. The van der Waals surface area contributed by atoms with Crippen LogP contribution in [0.3, 0.4) is 0 Å². The molecule has 0 aromatic heterocycles. The zero-order valence-corrected chi connectivity index (χ0v) is 9.34. The smallest absolute Gasteiger partial charge is 0.123 e. The molecule has 1 aromatic rings. The number of nitrogens with one attached hydrogen (secondary N) is 1. The minimum atomic E-state index is -0.292. The molecule has 0 radical (unpaired) electrons. The van der Waals surface area contributed by atoms with Gasteiger partial charge in [0, 0.05) is 11.6 Å². The highest BCUT2D eigenvalue weighted by atomic mass is 79.9. The molecule has 0 bridgehead atoms. The minimum Gasteiger partial charge on any atom is -0.383 e. The third kappa shape index (κ3) is 2.75. The minimum absolute atomic E-state index is 0.218. The monoisotopic (exact) mass is 262 g/mol. The number of benzene rings is 1. The molecule has 0 saturated carbocycles. The van der Waals surface area contributed by atoms with Crippen molar-refractivity contribution in [3.8, 4) is 0 Å². The maximum atomic E-state index is 13.0. The number of nitrogens with two attached hydrogens (primary N) is 1. The summed E-state index contributed by atoms with van der Waals surface area (Å²) in [4.78, 5) is 0. The van der Waals surface area contributed by atoms with Crippen molar-refractivity contribution in [2.24, 2.45) is 5.84 Å². The van der Waals surface area contributed by atoms with E-state index in [9.17, 15) is 4.39 Å². The normalized spacial score (nSPS) is 12.9. The van der Waals surface area contributed by atoms with Gasteiger partial charge >= 0.3 is 0 Å². The molecule has 0 amide bonds. The summed E-state index contributed by atoms with van der Waals surface area (Å²) in [5, 5.41) is 0. The molecule has 0 saturated heterocycles. The summed E-state index contributed by atoms with van der Waals surface area (Å²) >= 11 is 3.32. The lowest BCUT2D eigenvalue weighted by molar-refractivity contribution is 0.167. The van der Waals surface area contributed by atoms with Crippen molar-refractivity contribution in [3.05, 3.63) is 34.1 Å². The zero-order valence-electron chi connectivity index (χ0n) is 7.76. The predicted molar refractivity (Wildman–Crippen MR) is 56.0 cm³/mol. The molecule has 3 nitrogen and oxygen atoms in total. The largest absolute Gasteiger partial charge is 0.383 e. The lowest BCUT2D eigenvalue weighted by Gasteiger charge is -2.16. The van der Waals surface area contributed by atoms with Crippen LogP contribution in [0.5, 0.6) is 0 Å². The van der Waals surface area contributed by atoms with Crippen LogP contribution in [0.4, 0.5) is 4.39 Å². The maximum Gasteiger partial charge on any atom is 0.123 e. The molecule has 0 heterocycles. The molecule has 0 aliphatic heterocycles. The topological polar surface area (TPSA) is 47.3 Å². The second-order valence-electron chi connectivity index (χ2n) is 2.84. The molecule has 0 aliphatic rings. The fourth-order valence-corrected chi connectivity index (χ4v) is 1.70. The zero-order chi connectivity index (χ0) is 10.6. The molecular formula is C9H12BrFN2O. The highest BCUT2D eigenvalue weighted by molar-refractivity contribution is 9.10. The average molecular weight is 263 g/mol. The van der Waals surface area contributed by atoms with Gasteiger partial charge < -0.3 is 4.74 Å². The molecular weight excluding hydrogens is 251 g/mol. The van der Waals surface area contributed by atoms with Gasteiger partial charge in [-0.25, -0.2) is 4.39 Å². The molecule has 5 heteroatoms. The number of halogens is 2. The Kier molecular flexibility index (Phi) is 4.47. The van der Waals surface area contributed by atoms with Gasteiger partial charge in [-0.3, -0.25) is 11.3 Å². The highest BCUT2D eigenvalue weighted by Gasteiger charge is 2.13. The molecule has 78 valence electrons. The van der Waals surface area contributed by atoms with Gasteiger partial charge in [0.25, 0.3) is 0 Å². The Hall–Kier alpha value is -0.490. The SMILES string of the molecule is COCC(NN)c1cc(F)ccc1Br. The summed E-state index contributed by atoms with van der Waals surface area (Å²) in [6, 6.07) is 4.23. The van der Waals surface area contributed by atoms with E-state index >= 15 is 0 Å². The third-order valence-electron chi connectivity index (χ3n) is 1.87. The van der Waals surface area contributed by atoms with E-state index in [4.69, 9.17) is 10.6 Å². The molecule has 1 aromatic carbocycles. The van der Waals surface area contributed by atoms with Gasteiger partial charge in [-0.05, 0) is 23.8 Å². The van der Waals surface area contributed by atoms with E-state index in [2.05, 4.69) is 21.4 Å². The van der Waals surface area contributed by atoms with Crippen LogP contribution in [0.15, 0.2) is 22.7 Å². The van der Waals surface area contributed by atoms with Crippen molar-refractivity contribution in [2.45, 2.75) is 6.04 Å². The number of methoxy groups -OCH3 is 1. The van der Waals surface area contributed by atoms with Crippen molar-refractivity contribution < 1.29 is 9.13 Å². The second-order valence-corrected chi connectivity index (χ2v) is 3.69. The Morgan fingerprint density at radius 2 is 2.36 bits per heavy atom. The molecule has 14 heavy (non-hydrogen) atoms. The van der Waals surface area contributed by atoms with Gasteiger partial charge in [0.15, 0.2) is 0 Å². The Balaban J connectivity index is 2.96. The van der Waals surface area contributed by atoms with Crippen molar-refractivity contribution in [2.75, 3.05) is 13.7 Å². The molecule has 0 fully saturated rings. The van der Waals surface area contributed by atoms with Crippen molar-refractivity contribution in [1.29, 1.82) is 0 Å². The summed E-state index contributed by atoms with van der Waals surface area (Å²) in [5.74, 6) is 5.04. The van der Waals surface area contributed by atoms with Crippen LogP contribution in [-0.2, 0) is 4.74 Å². The van der Waals surface area contributed by atoms with E-state index in [1.165, 1.54) is 12.1 Å². The molecule has 1 atom stereocenters. The lowest BCUT2D eigenvalue weighted by atomic mass is 10.1. The fraction of sp³-hybridized carbons (Fsp3) is 0.333. The van der Waals surface area contributed by atoms with Gasteiger partial charge in [0.05, 0.1) is 12.6 Å². The number of rotatable bonds is 4. The van der Waals surface area contributed by atoms with Crippen molar-refractivity contribution in [1.82, 2.24) is 5.43 Å². The number of ether oxygens (including phenoxy) is 1. The van der Waals surface area contributed by atoms with Crippen LogP contribution in [0.2, 0.25) is 0 Å². The highest BCUT2D eigenvalue weighted by Crippen LogP contribution is 2.24. The summed E-state index contributed by atoms with van der Waals surface area (Å²) in [7, 11) is 1.57. The Bertz CT molecular complexity index is 309. The molecule has 1 unspecified atom stereocenters. The summed E-state index contributed by atoms with van der Waals surface area (Å²) in [5.41, 5.74) is 3.31. The average Bonchev–Trinajstić information content (AvgIpc) is 2.18. The van der Waals surface area contributed by atoms with E-state index < -0.39 is 0 Å². The first-order valence-corrected chi connectivity index (χ1v) is 4.88. The fourth-order valence-electron chi connectivity index (χ4n) is 1.18. The van der Waals surface area contributed by atoms with Crippen molar-refractivity contribution >= 4 is 15.9 Å². The quantitative estimate of drug-likeness (QED) is 0.642.